The van der Waals surface area contributed by atoms with E-state index in [4.69, 9.17) is 14.2 Å². The van der Waals surface area contributed by atoms with Crippen molar-refractivity contribution in [1.29, 1.82) is 0 Å². The fraction of sp³-hybridized carbons (Fsp3) is 0.321. The van der Waals surface area contributed by atoms with Crippen LogP contribution in [0.4, 0.5) is 0 Å². The Labute approximate surface area is 221 Å². The molecule has 10 nitrogen and oxygen atoms in total. The lowest BCUT2D eigenvalue weighted by atomic mass is 9.99. The molecule has 2 N–H and O–H groups in total. The van der Waals surface area contributed by atoms with Gasteiger partial charge in [0.15, 0.2) is 0 Å². The Morgan fingerprint density at radius 3 is 2.39 bits per heavy atom. The highest BCUT2D eigenvalue weighted by Gasteiger charge is 2.27. The third-order valence-corrected chi connectivity index (χ3v) is 5.94. The first-order valence-corrected chi connectivity index (χ1v) is 12.0. The van der Waals surface area contributed by atoms with Gasteiger partial charge < -0.3 is 29.4 Å². The largest absolute Gasteiger partial charge is 0.497 e. The average Bonchev–Trinajstić information content (AvgIpc) is 3.40. The van der Waals surface area contributed by atoms with Crippen LogP contribution in [-0.2, 0) is 25.7 Å². The van der Waals surface area contributed by atoms with Crippen molar-refractivity contribution >= 4 is 11.9 Å². The topological polar surface area (TPSA) is 121 Å². The SMILES string of the molecule is C=C[C@@H](CN[C@@H](CC(=O)OC)C(=O)OC)[C@H](O)c1cc(OCc2ccc(OC)cc2)n(-c2ccccc2)n1. The maximum absolute atomic E-state index is 12.1. The third-order valence-electron chi connectivity index (χ3n) is 5.94. The van der Waals surface area contributed by atoms with Gasteiger partial charge in [-0.25, -0.2) is 4.68 Å². The van der Waals surface area contributed by atoms with E-state index in [1.54, 1.807) is 23.9 Å². The van der Waals surface area contributed by atoms with Crippen molar-refractivity contribution in [2.75, 3.05) is 27.9 Å². The molecule has 3 aromatic rings. The van der Waals surface area contributed by atoms with E-state index in [0.29, 0.717) is 11.6 Å². The number of aliphatic hydroxyl groups is 1. The van der Waals surface area contributed by atoms with Crippen molar-refractivity contribution in [3.8, 4) is 17.3 Å². The smallest absolute Gasteiger partial charge is 0.323 e. The van der Waals surface area contributed by atoms with Gasteiger partial charge in [-0.05, 0) is 29.8 Å². The van der Waals surface area contributed by atoms with Gasteiger partial charge in [0.2, 0.25) is 5.88 Å². The van der Waals surface area contributed by atoms with Gasteiger partial charge in [-0.2, -0.15) is 5.10 Å². The molecule has 3 atom stereocenters. The van der Waals surface area contributed by atoms with Crippen LogP contribution in [0.3, 0.4) is 0 Å². The van der Waals surface area contributed by atoms with Gasteiger partial charge in [0.25, 0.3) is 0 Å². The van der Waals surface area contributed by atoms with E-state index < -0.39 is 30.0 Å². The highest BCUT2D eigenvalue weighted by molar-refractivity contribution is 5.82. The Kier molecular flexibility index (Phi) is 10.4. The molecule has 0 fully saturated rings. The van der Waals surface area contributed by atoms with Crippen LogP contribution < -0.4 is 14.8 Å². The number of hydrogen-bond donors (Lipinski definition) is 2. The number of benzene rings is 2. The zero-order valence-electron chi connectivity index (χ0n) is 21.7. The predicted octanol–water partition coefficient (Wildman–Crippen LogP) is 2.99. The molecular weight excluding hydrogens is 490 g/mol. The van der Waals surface area contributed by atoms with Crippen molar-refractivity contribution < 1.29 is 33.6 Å². The van der Waals surface area contributed by atoms with Gasteiger partial charge in [0, 0.05) is 18.5 Å². The Bertz CT molecular complexity index is 1190. The second-order valence-electron chi connectivity index (χ2n) is 8.40. The molecule has 1 aromatic heterocycles. The van der Waals surface area contributed by atoms with Crippen molar-refractivity contribution in [2.24, 2.45) is 5.92 Å². The van der Waals surface area contributed by atoms with Crippen molar-refractivity contribution in [2.45, 2.75) is 25.2 Å². The second kappa shape index (κ2) is 14.0. The zero-order valence-corrected chi connectivity index (χ0v) is 21.7. The second-order valence-corrected chi connectivity index (χ2v) is 8.40. The number of nitrogens with zero attached hydrogens (tertiary/aromatic N) is 2. The van der Waals surface area contributed by atoms with Crippen LogP contribution >= 0.6 is 0 Å². The first kappa shape index (κ1) is 28.4. The molecule has 0 spiro atoms. The molecule has 10 heteroatoms. The Morgan fingerprint density at radius 2 is 1.79 bits per heavy atom. The van der Waals surface area contributed by atoms with E-state index >= 15 is 0 Å². The van der Waals surface area contributed by atoms with Crippen LogP contribution in [0.2, 0.25) is 0 Å². The fourth-order valence-electron chi connectivity index (χ4n) is 3.71. The van der Waals surface area contributed by atoms with Gasteiger partial charge in [-0.1, -0.05) is 36.4 Å². The number of aliphatic hydroxyl groups excluding tert-OH is 1. The summed E-state index contributed by atoms with van der Waals surface area (Å²) < 4.78 is 22.3. The van der Waals surface area contributed by atoms with Crippen LogP contribution in [0.5, 0.6) is 11.6 Å². The predicted molar refractivity (Wildman–Crippen MR) is 140 cm³/mol. The lowest BCUT2D eigenvalue weighted by molar-refractivity contribution is -0.149. The van der Waals surface area contributed by atoms with Crippen LogP contribution in [0.25, 0.3) is 5.69 Å². The molecule has 0 aliphatic carbocycles. The molecule has 0 saturated carbocycles. The van der Waals surface area contributed by atoms with Crippen LogP contribution in [0.1, 0.15) is 23.8 Å². The minimum Gasteiger partial charge on any atom is -0.497 e. The summed E-state index contributed by atoms with van der Waals surface area (Å²) in [5.41, 5.74) is 2.04. The minimum absolute atomic E-state index is 0.127. The Balaban J connectivity index is 1.80. The van der Waals surface area contributed by atoms with Crippen molar-refractivity contribution in [1.82, 2.24) is 15.1 Å². The van der Waals surface area contributed by atoms with Gasteiger partial charge >= 0.3 is 11.9 Å². The zero-order chi connectivity index (χ0) is 27.5. The van der Waals surface area contributed by atoms with Gasteiger partial charge in [0.1, 0.15) is 24.5 Å². The number of ether oxygens (including phenoxy) is 4. The number of para-hydroxylation sites is 1. The summed E-state index contributed by atoms with van der Waals surface area (Å²) in [7, 11) is 4.08. The van der Waals surface area contributed by atoms with Gasteiger partial charge in [-0.3, -0.25) is 9.59 Å². The number of rotatable bonds is 14. The molecular formula is C28H33N3O7. The number of nitrogens with one attached hydrogen (secondary N) is 1. The average molecular weight is 524 g/mol. The molecule has 0 aliphatic rings. The fourth-order valence-corrected chi connectivity index (χ4v) is 3.71. The van der Waals surface area contributed by atoms with Crippen LogP contribution in [0.15, 0.2) is 73.3 Å². The molecule has 0 amide bonds. The molecule has 0 bridgehead atoms. The van der Waals surface area contributed by atoms with Gasteiger partial charge in [0.05, 0.1) is 39.1 Å². The number of esters is 2. The van der Waals surface area contributed by atoms with E-state index in [1.807, 2.05) is 54.6 Å². The lowest BCUT2D eigenvalue weighted by Gasteiger charge is -2.22. The van der Waals surface area contributed by atoms with Crippen LogP contribution in [0, 0.1) is 5.92 Å². The number of methoxy groups -OCH3 is 3. The summed E-state index contributed by atoms with van der Waals surface area (Å²) in [6.07, 6.45) is 0.267. The number of hydrogen-bond acceptors (Lipinski definition) is 9. The van der Waals surface area contributed by atoms with E-state index in [9.17, 15) is 14.7 Å². The minimum atomic E-state index is -1.08. The van der Waals surface area contributed by atoms with E-state index in [1.165, 1.54) is 14.2 Å². The molecule has 0 saturated heterocycles. The van der Waals surface area contributed by atoms with Crippen molar-refractivity contribution in [3.05, 3.63) is 84.6 Å². The summed E-state index contributed by atoms with van der Waals surface area (Å²) in [4.78, 5) is 23.8. The highest BCUT2D eigenvalue weighted by Crippen LogP contribution is 2.28. The number of aromatic nitrogens is 2. The van der Waals surface area contributed by atoms with E-state index in [2.05, 4.69) is 21.7 Å². The molecule has 2 aromatic carbocycles. The molecule has 202 valence electrons. The first-order valence-electron chi connectivity index (χ1n) is 12.0. The molecule has 0 radical (unpaired) electrons. The molecule has 38 heavy (non-hydrogen) atoms. The summed E-state index contributed by atoms with van der Waals surface area (Å²) in [6, 6.07) is 17.7. The summed E-state index contributed by atoms with van der Waals surface area (Å²) in [5.74, 6) is -0.541. The molecule has 0 aliphatic heterocycles. The Hall–Kier alpha value is -4.15. The summed E-state index contributed by atoms with van der Waals surface area (Å²) >= 11 is 0. The number of carbonyl (C=O) groups excluding carboxylic acids is 2. The normalized spacial score (nSPS) is 13.2. The maximum Gasteiger partial charge on any atom is 0.323 e. The summed E-state index contributed by atoms with van der Waals surface area (Å²) in [6.45, 7) is 4.22. The molecule has 1 heterocycles. The first-order chi connectivity index (χ1) is 18.4. The van der Waals surface area contributed by atoms with E-state index in [0.717, 1.165) is 17.0 Å². The highest BCUT2D eigenvalue weighted by atomic mass is 16.5. The third kappa shape index (κ3) is 7.44. The lowest BCUT2D eigenvalue weighted by Crippen LogP contribution is -2.42. The van der Waals surface area contributed by atoms with Crippen molar-refractivity contribution in [3.63, 3.8) is 0 Å². The number of carbonyl (C=O) groups is 2. The van der Waals surface area contributed by atoms with Gasteiger partial charge in [-0.15, -0.1) is 6.58 Å². The van der Waals surface area contributed by atoms with Crippen LogP contribution in [-0.4, -0.2) is 60.7 Å². The summed E-state index contributed by atoms with van der Waals surface area (Å²) in [5, 5.41) is 18.8. The standard InChI is InChI=1S/C28H33N3O7/c1-5-20(17-29-24(28(34)37-4)16-26(32)36-3)27(33)23-15-25(31(30-23)21-9-7-6-8-10-21)38-18-19-11-13-22(35-2)14-12-19/h5-15,20,24,27,29,33H,1,16-18H2,2-4H3/t20-,24-,27-/m0/s1. The maximum atomic E-state index is 12.1. The molecule has 3 rings (SSSR count). The monoisotopic (exact) mass is 523 g/mol. The quantitative estimate of drug-likeness (QED) is 0.243. The Morgan fingerprint density at radius 1 is 1.08 bits per heavy atom. The molecule has 0 unspecified atom stereocenters. The van der Waals surface area contributed by atoms with E-state index in [-0.39, 0.29) is 19.6 Å².